The number of likely N-dealkylation sites (tertiary alicyclic amines) is 1. The van der Waals surface area contributed by atoms with E-state index in [2.05, 4.69) is 5.32 Å². The zero-order valence-electron chi connectivity index (χ0n) is 15.0. The van der Waals surface area contributed by atoms with Crippen molar-refractivity contribution < 1.29 is 19.4 Å². The summed E-state index contributed by atoms with van der Waals surface area (Å²) in [5.41, 5.74) is 1.40. The molecule has 2 amide bonds. The van der Waals surface area contributed by atoms with E-state index in [-0.39, 0.29) is 5.91 Å². The first kappa shape index (κ1) is 17.7. The topological polar surface area (TPSA) is 78.9 Å². The quantitative estimate of drug-likeness (QED) is 0.860. The van der Waals surface area contributed by atoms with Gasteiger partial charge in [0, 0.05) is 13.0 Å². The van der Waals surface area contributed by atoms with Crippen LogP contribution < -0.4 is 5.32 Å². The van der Waals surface area contributed by atoms with Crippen LogP contribution in [0.15, 0.2) is 24.3 Å². The second-order valence-electron chi connectivity index (χ2n) is 7.79. The van der Waals surface area contributed by atoms with E-state index in [1.807, 2.05) is 45.0 Å². The highest BCUT2D eigenvalue weighted by molar-refractivity contribution is 5.86. The van der Waals surface area contributed by atoms with Gasteiger partial charge in [0.15, 0.2) is 0 Å². The van der Waals surface area contributed by atoms with Gasteiger partial charge < -0.3 is 15.2 Å². The van der Waals surface area contributed by atoms with Gasteiger partial charge in [0.05, 0.1) is 12.1 Å². The van der Waals surface area contributed by atoms with Crippen LogP contribution >= 0.6 is 0 Å². The van der Waals surface area contributed by atoms with Gasteiger partial charge in [0.2, 0.25) is 5.91 Å². The van der Waals surface area contributed by atoms with Gasteiger partial charge in [0.1, 0.15) is 11.6 Å². The Morgan fingerprint density at radius 2 is 2.00 bits per heavy atom. The van der Waals surface area contributed by atoms with Gasteiger partial charge >= 0.3 is 6.09 Å². The Kier molecular flexibility index (Phi) is 4.73. The number of nitrogens with zero attached hydrogens (tertiary/aromatic N) is 1. The van der Waals surface area contributed by atoms with Gasteiger partial charge in [0.25, 0.3) is 0 Å². The number of benzene rings is 1. The number of carbonyl (C=O) groups is 2. The van der Waals surface area contributed by atoms with Gasteiger partial charge in [-0.15, -0.1) is 0 Å². The fraction of sp³-hybridized carbons (Fsp3) is 0.579. The van der Waals surface area contributed by atoms with E-state index in [9.17, 15) is 14.7 Å². The van der Waals surface area contributed by atoms with Crippen molar-refractivity contribution in [2.75, 3.05) is 6.54 Å². The Balaban J connectivity index is 1.69. The van der Waals surface area contributed by atoms with Crippen molar-refractivity contribution in [1.29, 1.82) is 0 Å². The molecule has 0 aromatic heterocycles. The Hall–Kier alpha value is -2.08. The highest BCUT2D eigenvalue weighted by atomic mass is 16.6. The SMILES string of the molecule is CC(C)(C)OC(=O)N1CCC[C@H]1C(=O)NC1c2ccccc2C[C@@H]1O. The summed E-state index contributed by atoms with van der Waals surface area (Å²) in [5.74, 6) is -0.232. The van der Waals surface area contributed by atoms with Crippen molar-refractivity contribution in [1.82, 2.24) is 10.2 Å². The lowest BCUT2D eigenvalue weighted by Crippen LogP contribution is -2.49. The van der Waals surface area contributed by atoms with Gasteiger partial charge in [-0.25, -0.2) is 4.79 Å². The Morgan fingerprint density at radius 3 is 2.72 bits per heavy atom. The predicted octanol–water partition coefficient (Wildman–Crippen LogP) is 2.16. The monoisotopic (exact) mass is 346 g/mol. The van der Waals surface area contributed by atoms with Crippen LogP contribution in [0.25, 0.3) is 0 Å². The molecule has 6 heteroatoms. The highest BCUT2D eigenvalue weighted by Gasteiger charge is 2.39. The van der Waals surface area contributed by atoms with Crippen molar-refractivity contribution in [3.8, 4) is 0 Å². The van der Waals surface area contributed by atoms with Crippen LogP contribution in [0.1, 0.15) is 50.8 Å². The van der Waals surface area contributed by atoms with Crippen LogP contribution in [0.4, 0.5) is 4.79 Å². The molecule has 3 rings (SSSR count). The molecule has 0 saturated carbocycles. The summed E-state index contributed by atoms with van der Waals surface area (Å²) in [6.07, 6.45) is 0.799. The first-order chi connectivity index (χ1) is 11.8. The molecule has 0 radical (unpaired) electrons. The Labute approximate surface area is 148 Å². The number of fused-ring (bicyclic) bond motifs is 1. The smallest absolute Gasteiger partial charge is 0.410 e. The first-order valence-corrected chi connectivity index (χ1v) is 8.82. The zero-order chi connectivity index (χ0) is 18.2. The van der Waals surface area contributed by atoms with Crippen molar-refractivity contribution >= 4 is 12.0 Å². The van der Waals surface area contributed by atoms with Gasteiger partial charge in [-0.2, -0.15) is 0 Å². The van der Waals surface area contributed by atoms with Crippen LogP contribution in [-0.4, -0.2) is 46.3 Å². The van der Waals surface area contributed by atoms with Crippen LogP contribution in [-0.2, 0) is 16.0 Å². The molecule has 136 valence electrons. The molecule has 2 N–H and O–H groups in total. The molecule has 0 spiro atoms. The number of carbonyl (C=O) groups excluding carboxylic acids is 2. The molecule has 0 bridgehead atoms. The molecule has 1 aromatic rings. The van der Waals surface area contributed by atoms with Gasteiger partial charge in [-0.05, 0) is 44.7 Å². The fourth-order valence-electron chi connectivity index (χ4n) is 3.58. The third kappa shape index (κ3) is 3.79. The van der Waals surface area contributed by atoms with Crippen LogP contribution in [0, 0.1) is 0 Å². The summed E-state index contributed by atoms with van der Waals surface area (Å²) in [6.45, 7) is 5.93. The summed E-state index contributed by atoms with van der Waals surface area (Å²) in [7, 11) is 0. The number of hydrogen-bond donors (Lipinski definition) is 2. The molecule has 1 aromatic carbocycles. The lowest BCUT2D eigenvalue weighted by atomic mass is 10.1. The van der Waals surface area contributed by atoms with E-state index in [1.165, 1.54) is 4.90 Å². The van der Waals surface area contributed by atoms with E-state index in [4.69, 9.17) is 4.74 Å². The minimum absolute atomic E-state index is 0.232. The maximum Gasteiger partial charge on any atom is 0.410 e. The van der Waals surface area contributed by atoms with Crippen molar-refractivity contribution in [3.05, 3.63) is 35.4 Å². The predicted molar refractivity (Wildman–Crippen MR) is 93.0 cm³/mol. The third-order valence-corrected chi connectivity index (χ3v) is 4.69. The lowest BCUT2D eigenvalue weighted by Gasteiger charge is -2.29. The number of nitrogens with one attached hydrogen (secondary N) is 1. The number of rotatable bonds is 2. The number of amides is 2. The van der Waals surface area contributed by atoms with E-state index in [0.717, 1.165) is 17.5 Å². The third-order valence-electron chi connectivity index (χ3n) is 4.69. The number of aliphatic hydroxyl groups is 1. The molecule has 25 heavy (non-hydrogen) atoms. The molecular weight excluding hydrogens is 320 g/mol. The van der Waals surface area contributed by atoms with E-state index >= 15 is 0 Å². The summed E-state index contributed by atoms with van der Waals surface area (Å²) >= 11 is 0. The summed E-state index contributed by atoms with van der Waals surface area (Å²) in [5, 5.41) is 13.2. The van der Waals surface area contributed by atoms with Crippen molar-refractivity contribution in [2.24, 2.45) is 0 Å². The molecule has 6 nitrogen and oxygen atoms in total. The fourth-order valence-corrected chi connectivity index (χ4v) is 3.58. The largest absolute Gasteiger partial charge is 0.444 e. The molecule has 2 aliphatic rings. The molecule has 1 saturated heterocycles. The average molecular weight is 346 g/mol. The minimum Gasteiger partial charge on any atom is -0.444 e. The molecule has 1 fully saturated rings. The molecular formula is C19H26N2O4. The van der Waals surface area contributed by atoms with E-state index in [0.29, 0.717) is 19.4 Å². The molecule has 1 heterocycles. The Morgan fingerprint density at radius 1 is 1.28 bits per heavy atom. The van der Waals surface area contributed by atoms with E-state index in [1.54, 1.807) is 0 Å². The summed E-state index contributed by atoms with van der Waals surface area (Å²) in [6, 6.07) is 6.75. The highest BCUT2D eigenvalue weighted by Crippen LogP contribution is 2.32. The van der Waals surface area contributed by atoms with Gasteiger partial charge in [-0.3, -0.25) is 9.69 Å². The first-order valence-electron chi connectivity index (χ1n) is 8.82. The Bertz CT molecular complexity index is 668. The standard InChI is InChI=1S/C19H26N2O4/c1-19(2,3)25-18(24)21-10-6-9-14(21)17(23)20-16-13-8-5-4-7-12(13)11-15(16)22/h4-5,7-8,14-16,22H,6,9-11H2,1-3H3,(H,20,23)/t14-,15-,16?/m0/s1. The van der Waals surface area contributed by atoms with Crippen molar-refractivity contribution in [3.63, 3.8) is 0 Å². The molecule has 1 unspecified atom stereocenters. The van der Waals surface area contributed by atoms with Crippen molar-refractivity contribution in [2.45, 2.75) is 63.8 Å². The summed E-state index contributed by atoms with van der Waals surface area (Å²) in [4.78, 5) is 26.6. The normalized spacial score (nSPS) is 25.6. The molecule has 1 aliphatic heterocycles. The number of hydrogen-bond acceptors (Lipinski definition) is 4. The summed E-state index contributed by atoms with van der Waals surface area (Å²) < 4.78 is 5.41. The maximum absolute atomic E-state index is 12.8. The second kappa shape index (κ2) is 6.67. The number of aliphatic hydroxyl groups excluding tert-OH is 1. The van der Waals surface area contributed by atoms with Crippen LogP contribution in [0.5, 0.6) is 0 Å². The average Bonchev–Trinajstić information content (AvgIpc) is 3.11. The second-order valence-corrected chi connectivity index (χ2v) is 7.79. The lowest BCUT2D eigenvalue weighted by molar-refractivity contribution is -0.127. The zero-order valence-corrected chi connectivity index (χ0v) is 15.0. The maximum atomic E-state index is 12.8. The molecule has 3 atom stereocenters. The van der Waals surface area contributed by atoms with Gasteiger partial charge in [-0.1, -0.05) is 24.3 Å². The van der Waals surface area contributed by atoms with Crippen LogP contribution in [0.2, 0.25) is 0 Å². The molecule has 1 aliphatic carbocycles. The van der Waals surface area contributed by atoms with E-state index < -0.39 is 29.9 Å². The number of ether oxygens (including phenoxy) is 1. The minimum atomic E-state index is -0.641. The van der Waals surface area contributed by atoms with Crippen LogP contribution in [0.3, 0.4) is 0 Å².